The minimum absolute atomic E-state index is 0.452. The summed E-state index contributed by atoms with van der Waals surface area (Å²) in [6.45, 7) is 2.92. The van der Waals surface area contributed by atoms with Crippen molar-refractivity contribution in [1.29, 1.82) is 0 Å². The van der Waals surface area contributed by atoms with Crippen LogP contribution in [0.3, 0.4) is 0 Å². The molecule has 1 N–H and O–H groups in total. The third-order valence-corrected chi connectivity index (χ3v) is 4.88. The monoisotopic (exact) mass is 358 g/mol. The molecular weight excluding hydrogens is 332 g/mol. The van der Waals surface area contributed by atoms with Crippen LogP contribution in [0, 0.1) is 4.77 Å². The highest BCUT2D eigenvalue weighted by molar-refractivity contribution is 7.71. The third-order valence-electron chi connectivity index (χ3n) is 4.61. The molecule has 0 radical (unpaired) electrons. The zero-order valence-corrected chi connectivity index (χ0v) is 15.6. The smallest absolute Gasteiger partial charge is 0.216 e. The number of H-pyrrole nitrogens is 1. The van der Waals surface area contributed by atoms with Crippen LogP contribution in [0.25, 0.3) is 0 Å². The van der Waals surface area contributed by atoms with Crippen molar-refractivity contribution < 1.29 is 4.74 Å². The summed E-state index contributed by atoms with van der Waals surface area (Å²) >= 11 is 5.35. The maximum atomic E-state index is 5.69. The summed E-state index contributed by atoms with van der Waals surface area (Å²) in [5, 5.41) is 11.9. The molecule has 0 aliphatic heterocycles. The molecule has 0 unspecified atom stereocenters. The predicted octanol–water partition coefficient (Wildman–Crippen LogP) is 5.05. The molecule has 1 aliphatic rings. The Kier molecular flexibility index (Phi) is 6.39. The van der Waals surface area contributed by atoms with E-state index in [9.17, 15) is 0 Å². The quantitative estimate of drug-likeness (QED) is 0.428. The lowest BCUT2D eigenvalue weighted by molar-refractivity contribution is 0.309. The summed E-state index contributed by atoms with van der Waals surface area (Å²) in [4.78, 5) is 0. The fourth-order valence-electron chi connectivity index (χ4n) is 3.15. The third kappa shape index (κ3) is 4.78. The molecule has 1 aromatic heterocycles. The van der Waals surface area contributed by atoms with E-state index in [4.69, 9.17) is 17.0 Å². The van der Waals surface area contributed by atoms with Gasteiger partial charge in [-0.15, -0.1) is 0 Å². The fraction of sp³-hybridized carbons (Fsp3) is 0.526. The van der Waals surface area contributed by atoms with Crippen LogP contribution < -0.4 is 4.74 Å². The highest BCUT2D eigenvalue weighted by Gasteiger charge is 2.21. The zero-order chi connectivity index (χ0) is 17.5. The summed E-state index contributed by atoms with van der Waals surface area (Å²) in [6, 6.07) is 7.98. The van der Waals surface area contributed by atoms with E-state index in [1.54, 1.807) is 4.68 Å². The van der Waals surface area contributed by atoms with Gasteiger partial charge in [-0.2, -0.15) is 14.9 Å². The van der Waals surface area contributed by atoms with Crippen LogP contribution in [0.4, 0.5) is 0 Å². The van der Waals surface area contributed by atoms with Gasteiger partial charge in [0.2, 0.25) is 4.77 Å². The molecule has 1 aromatic carbocycles. The predicted molar refractivity (Wildman–Crippen MR) is 103 cm³/mol. The Balaban J connectivity index is 1.69. The average Bonchev–Trinajstić information content (AvgIpc) is 3.02. The Hall–Kier alpha value is -1.95. The Bertz CT molecular complexity index is 742. The number of aromatic nitrogens is 3. The van der Waals surface area contributed by atoms with E-state index in [-0.39, 0.29) is 0 Å². The maximum absolute atomic E-state index is 5.69. The summed E-state index contributed by atoms with van der Waals surface area (Å²) in [5.41, 5.74) is 1.01. The second kappa shape index (κ2) is 8.94. The summed E-state index contributed by atoms with van der Waals surface area (Å²) in [5.74, 6) is 2.31. The van der Waals surface area contributed by atoms with Crippen molar-refractivity contribution in [3.63, 3.8) is 0 Å². The maximum Gasteiger partial charge on any atom is 0.216 e. The number of ether oxygens (including phenoxy) is 1. The van der Waals surface area contributed by atoms with Gasteiger partial charge < -0.3 is 4.74 Å². The van der Waals surface area contributed by atoms with Crippen LogP contribution in [-0.2, 0) is 0 Å². The molecule has 0 saturated heterocycles. The SMILES string of the molecule is CCCCOc1ccc(/C=N/n2c(C3CCCCC3)n[nH]c2=S)cc1. The number of nitrogens with zero attached hydrogens (tertiary/aromatic N) is 3. The highest BCUT2D eigenvalue weighted by Crippen LogP contribution is 2.31. The molecule has 25 heavy (non-hydrogen) atoms. The number of nitrogens with one attached hydrogen (secondary N) is 1. The van der Waals surface area contributed by atoms with Crippen LogP contribution >= 0.6 is 12.2 Å². The van der Waals surface area contributed by atoms with Crippen LogP contribution in [-0.4, -0.2) is 27.7 Å². The zero-order valence-electron chi connectivity index (χ0n) is 14.8. The molecule has 3 rings (SSSR count). The highest BCUT2D eigenvalue weighted by atomic mass is 32.1. The van der Waals surface area contributed by atoms with E-state index in [0.717, 1.165) is 36.6 Å². The van der Waals surface area contributed by atoms with Gasteiger partial charge in [-0.25, -0.2) is 0 Å². The van der Waals surface area contributed by atoms with Gasteiger partial charge >= 0.3 is 0 Å². The summed E-state index contributed by atoms with van der Waals surface area (Å²) in [7, 11) is 0. The van der Waals surface area contributed by atoms with E-state index in [1.807, 2.05) is 30.5 Å². The minimum atomic E-state index is 0.452. The topological polar surface area (TPSA) is 55.2 Å². The van der Waals surface area contributed by atoms with E-state index in [0.29, 0.717) is 10.7 Å². The lowest BCUT2D eigenvalue weighted by atomic mass is 9.89. The summed E-state index contributed by atoms with van der Waals surface area (Å²) in [6.07, 6.45) is 10.2. The first-order chi connectivity index (χ1) is 12.3. The Morgan fingerprint density at radius 2 is 2.04 bits per heavy atom. The first-order valence-corrected chi connectivity index (χ1v) is 9.63. The second-order valence-corrected chi connectivity index (χ2v) is 6.94. The van der Waals surface area contributed by atoms with Gasteiger partial charge in [0.1, 0.15) is 5.75 Å². The fourth-order valence-corrected chi connectivity index (χ4v) is 3.34. The molecule has 134 valence electrons. The minimum Gasteiger partial charge on any atom is -0.494 e. The van der Waals surface area contributed by atoms with Crippen LogP contribution in [0.2, 0.25) is 0 Å². The van der Waals surface area contributed by atoms with Crippen molar-refractivity contribution in [2.45, 2.75) is 57.8 Å². The Morgan fingerprint density at radius 3 is 2.76 bits per heavy atom. The molecule has 1 saturated carbocycles. The van der Waals surface area contributed by atoms with Crippen molar-refractivity contribution in [1.82, 2.24) is 14.9 Å². The second-order valence-electron chi connectivity index (χ2n) is 6.55. The van der Waals surface area contributed by atoms with E-state index < -0.39 is 0 Å². The van der Waals surface area contributed by atoms with Gasteiger partial charge in [0.25, 0.3) is 0 Å². The molecule has 1 aliphatic carbocycles. The lowest BCUT2D eigenvalue weighted by Gasteiger charge is -2.19. The van der Waals surface area contributed by atoms with Crippen LogP contribution in [0.1, 0.15) is 69.2 Å². The molecule has 0 amide bonds. The van der Waals surface area contributed by atoms with Crippen molar-refractivity contribution in [2.24, 2.45) is 5.10 Å². The first-order valence-electron chi connectivity index (χ1n) is 9.22. The average molecular weight is 359 g/mol. The van der Waals surface area contributed by atoms with Gasteiger partial charge in [-0.1, -0.05) is 32.6 Å². The first kappa shape index (κ1) is 17.9. The van der Waals surface area contributed by atoms with Gasteiger partial charge in [-0.05, 0) is 61.3 Å². The van der Waals surface area contributed by atoms with E-state index in [1.165, 1.54) is 32.1 Å². The number of hydrogen-bond acceptors (Lipinski definition) is 4. The summed E-state index contributed by atoms with van der Waals surface area (Å²) < 4.78 is 8.01. The Morgan fingerprint density at radius 1 is 1.28 bits per heavy atom. The molecule has 0 atom stereocenters. The number of unbranched alkanes of at least 4 members (excludes halogenated alkanes) is 1. The normalized spacial score (nSPS) is 15.7. The standard InChI is InChI=1S/C19H26N4OS/c1-2-3-13-24-17-11-9-15(10-12-17)14-20-23-18(21-22-19(23)25)16-7-5-4-6-8-16/h9-12,14,16H,2-8,13H2,1H3,(H,22,25)/b20-14+. The Labute approximate surface area is 154 Å². The molecule has 0 bridgehead atoms. The van der Waals surface area contributed by atoms with Crippen molar-refractivity contribution >= 4 is 18.4 Å². The molecule has 2 aromatic rings. The molecular formula is C19H26N4OS. The molecule has 6 heteroatoms. The van der Waals surface area contributed by atoms with Crippen molar-refractivity contribution in [3.05, 3.63) is 40.4 Å². The van der Waals surface area contributed by atoms with Crippen LogP contribution in [0.5, 0.6) is 5.75 Å². The van der Waals surface area contributed by atoms with Gasteiger partial charge in [0.05, 0.1) is 12.8 Å². The lowest BCUT2D eigenvalue weighted by Crippen LogP contribution is -2.10. The number of benzene rings is 1. The largest absolute Gasteiger partial charge is 0.494 e. The van der Waals surface area contributed by atoms with Gasteiger partial charge in [-0.3, -0.25) is 5.10 Å². The molecule has 5 nitrogen and oxygen atoms in total. The van der Waals surface area contributed by atoms with Crippen LogP contribution in [0.15, 0.2) is 29.4 Å². The number of rotatable bonds is 7. The molecule has 0 spiro atoms. The number of hydrogen-bond donors (Lipinski definition) is 1. The van der Waals surface area contributed by atoms with Crippen molar-refractivity contribution in [3.8, 4) is 5.75 Å². The van der Waals surface area contributed by atoms with E-state index in [2.05, 4.69) is 22.2 Å². The van der Waals surface area contributed by atoms with Gasteiger partial charge in [0, 0.05) is 5.92 Å². The van der Waals surface area contributed by atoms with Crippen molar-refractivity contribution in [2.75, 3.05) is 6.61 Å². The molecule has 1 heterocycles. The number of aromatic amines is 1. The van der Waals surface area contributed by atoms with Gasteiger partial charge in [0.15, 0.2) is 5.82 Å². The van der Waals surface area contributed by atoms with E-state index >= 15 is 0 Å². The molecule has 1 fully saturated rings.